The fourth-order valence-corrected chi connectivity index (χ4v) is 2.29. The number of hydrogen-bond acceptors (Lipinski definition) is 1. The van der Waals surface area contributed by atoms with Crippen LogP contribution in [-0.4, -0.2) is 5.91 Å². The summed E-state index contributed by atoms with van der Waals surface area (Å²) in [6.45, 7) is 5.67. The quantitative estimate of drug-likeness (QED) is 0.906. The lowest BCUT2D eigenvalue weighted by atomic mass is 9.99. The monoisotopic (exact) mass is 289 g/mol. The summed E-state index contributed by atoms with van der Waals surface area (Å²) in [5.74, 6) is -2.47. The Labute approximate surface area is 122 Å². The number of amides is 1. The van der Waals surface area contributed by atoms with Crippen molar-refractivity contribution in [2.75, 3.05) is 0 Å². The second kappa shape index (κ2) is 6.04. The highest BCUT2D eigenvalue weighted by molar-refractivity contribution is 5.95. The number of carbonyl (C=O) groups is 1. The molecule has 0 saturated carbocycles. The second-order valence-electron chi connectivity index (χ2n) is 5.15. The Morgan fingerprint density at radius 3 is 2.33 bits per heavy atom. The van der Waals surface area contributed by atoms with Gasteiger partial charge in [-0.2, -0.15) is 0 Å². The van der Waals surface area contributed by atoms with E-state index in [0.717, 1.165) is 28.8 Å². The highest BCUT2D eigenvalue weighted by Crippen LogP contribution is 2.20. The Morgan fingerprint density at radius 2 is 1.71 bits per heavy atom. The molecule has 1 unspecified atom stereocenters. The largest absolute Gasteiger partial charge is 0.345 e. The number of nitrogens with one attached hydrogen (secondary N) is 1. The summed E-state index contributed by atoms with van der Waals surface area (Å²) in [6, 6.07) is 8.92. The summed E-state index contributed by atoms with van der Waals surface area (Å²) >= 11 is 0. The molecule has 110 valence electrons. The summed E-state index contributed by atoms with van der Waals surface area (Å²) in [5.41, 5.74) is 2.46. The average Bonchev–Trinajstić information content (AvgIpc) is 2.41. The number of carbonyl (C=O) groups excluding carboxylic acids is 1. The number of halogens is 2. The smallest absolute Gasteiger partial charge is 0.257 e. The summed E-state index contributed by atoms with van der Waals surface area (Å²) in [4.78, 5) is 12.1. The van der Waals surface area contributed by atoms with Gasteiger partial charge in [0.05, 0.1) is 6.04 Å². The zero-order chi connectivity index (χ0) is 15.6. The van der Waals surface area contributed by atoms with Crippen molar-refractivity contribution in [2.24, 2.45) is 0 Å². The van der Waals surface area contributed by atoms with Crippen LogP contribution in [0.4, 0.5) is 8.78 Å². The van der Waals surface area contributed by atoms with E-state index in [-0.39, 0.29) is 6.04 Å². The van der Waals surface area contributed by atoms with Gasteiger partial charge in [-0.1, -0.05) is 29.8 Å². The van der Waals surface area contributed by atoms with Crippen molar-refractivity contribution in [1.29, 1.82) is 0 Å². The molecule has 0 aliphatic carbocycles. The predicted molar refractivity (Wildman–Crippen MR) is 78.2 cm³/mol. The zero-order valence-electron chi connectivity index (χ0n) is 12.2. The molecule has 2 rings (SSSR count). The molecular weight excluding hydrogens is 272 g/mol. The maximum atomic E-state index is 13.6. The minimum absolute atomic E-state index is 0.337. The molecule has 1 atom stereocenters. The Morgan fingerprint density at radius 1 is 1.10 bits per heavy atom. The van der Waals surface area contributed by atoms with E-state index in [1.165, 1.54) is 6.07 Å². The fraction of sp³-hybridized carbons (Fsp3) is 0.235. The summed E-state index contributed by atoms with van der Waals surface area (Å²) < 4.78 is 27.2. The Bertz CT molecular complexity index is 662. The van der Waals surface area contributed by atoms with E-state index < -0.39 is 23.1 Å². The van der Waals surface area contributed by atoms with Crippen LogP contribution in [0.2, 0.25) is 0 Å². The van der Waals surface area contributed by atoms with Gasteiger partial charge in [-0.15, -0.1) is 0 Å². The van der Waals surface area contributed by atoms with Gasteiger partial charge in [-0.25, -0.2) is 8.78 Å². The van der Waals surface area contributed by atoms with Gasteiger partial charge in [0.15, 0.2) is 0 Å². The molecule has 1 N–H and O–H groups in total. The molecule has 0 aromatic heterocycles. The lowest BCUT2D eigenvalue weighted by molar-refractivity contribution is 0.0931. The van der Waals surface area contributed by atoms with Gasteiger partial charge in [0.1, 0.15) is 17.2 Å². The molecule has 21 heavy (non-hydrogen) atoms. The molecule has 2 nitrogen and oxygen atoms in total. The molecule has 0 fully saturated rings. The van der Waals surface area contributed by atoms with Crippen LogP contribution in [0.25, 0.3) is 0 Å². The number of rotatable bonds is 3. The molecular formula is C17H17F2NO. The van der Waals surface area contributed by atoms with Crippen LogP contribution in [0.5, 0.6) is 0 Å². The Balaban J connectivity index is 2.25. The number of hydrogen-bond donors (Lipinski definition) is 1. The first-order valence-electron chi connectivity index (χ1n) is 6.72. The third-order valence-corrected chi connectivity index (χ3v) is 3.44. The minimum Gasteiger partial charge on any atom is -0.345 e. The summed E-state index contributed by atoms with van der Waals surface area (Å²) in [6.07, 6.45) is 0. The molecule has 0 aliphatic heterocycles. The zero-order valence-corrected chi connectivity index (χ0v) is 12.2. The van der Waals surface area contributed by atoms with Crippen LogP contribution in [0.1, 0.15) is 40.0 Å². The number of benzene rings is 2. The molecule has 0 spiro atoms. The van der Waals surface area contributed by atoms with Crippen LogP contribution < -0.4 is 5.32 Å². The van der Waals surface area contributed by atoms with Crippen molar-refractivity contribution in [3.05, 3.63) is 70.3 Å². The van der Waals surface area contributed by atoms with E-state index in [0.29, 0.717) is 0 Å². The topological polar surface area (TPSA) is 29.1 Å². The second-order valence-corrected chi connectivity index (χ2v) is 5.15. The van der Waals surface area contributed by atoms with Crippen LogP contribution in [0, 0.1) is 25.5 Å². The molecule has 0 heterocycles. The lowest BCUT2D eigenvalue weighted by Gasteiger charge is -2.17. The fourth-order valence-electron chi connectivity index (χ4n) is 2.29. The van der Waals surface area contributed by atoms with E-state index in [1.807, 2.05) is 32.0 Å². The van der Waals surface area contributed by atoms with Crippen LogP contribution in [0.3, 0.4) is 0 Å². The minimum atomic E-state index is -0.860. The van der Waals surface area contributed by atoms with E-state index in [9.17, 15) is 13.6 Å². The molecule has 4 heteroatoms. The van der Waals surface area contributed by atoms with Gasteiger partial charge in [0.2, 0.25) is 0 Å². The maximum absolute atomic E-state index is 13.6. The van der Waals surface area contributed by atoms with Gasteiger partial charge in [0.25, 0.3) is 5.91 Å². The molecule has 1 amide bonds. The van der Waals surface area contributed by atoms with Crippen molar-refractivity contribution < 1.29 is 13.6 Å². The maximum Gasteiger partial charge on any atom is 0.257 e. The lowest BCUT2D eigenvalue weighted by Crippen LogP contribution is -2.28. The molecule has 0 saturated heterocycles. The first-order chi connectivity index (χ1) is 9.90. The molecule has 2 aromatic carbocycles. The Kier molecular flexibility index (Phi) is 4.36. The Hall–Kier alpha value is -2.23. The predicted octanol–water partition coefficient (Wildman–Crippen LogP) is 4.07. The number of aryl methyl sites for hydroxylation is 2. The first kappa shape index (κ1) is 15.2. The van der Waals surface area contributed by atoms with Gasteiger partial charge in [-0.3, -0.25) is 4.79 Å². The third-order valence-electron chi connectivity index (χ3n) is 3.44. The molecule has 0 bridgehead atoms. The van der Waals surface area contributed by atoms with Gasteiger partial charge in [-0.05, 0) is 44.0 Å². The van der Waals surface area contributed by atoms with Gasteiger partial charge in [0, 0.05) is 0 Å². The normalized spacial score (nSPS) is 12.0. The first-order valence-corrected chi connectivity index (χ1v) is 6.72. The van der Waals surface area contributed by atoms with Crippen molar-refractivity contribution in [2.45, 2.75) is 26.8 Å². The van der Waals surface area contributed by atoms with Crippen molar-refractivity contribution >= 4 is 5.91 Å². The molecule has 0 radical (unpaired) electrons. The van der Waals surface area contributed by atoms with Crippen LogP contribution in [0.15, 0.2) is 36.4 Å². The summed E-state index contributed by atoms with van der Waals surface area (Å²) in [5, 5.41) is 2.64. The van der Waals surface area contributed by atoms with E-state index in [1.54, 1.807) is 6.92 Å². The van der Waals surface area contributed by atoms with E-state index in [2.05, 4.69) is 5.32 Å². The SMILES string of the molecule is Cc1ccc(C)c(C(C)NC(=O)c2c(F)cccc2F)c1. The van der Waals surface area contributed by atoms with E-state index >= 15 is 0 Å². The van der Waals surface area contributed by atoms with Crippen LogP contribution in [-0.2, 0) is 0 Å². The van der Waals surface area contributed by atoms with Crippen molar-refractivity contribution in [3.63, 3.8) is 0 Å². The third kappa shape index (κ3) is 3.27. The highest BCUT2D eigenvalue weighted by Gasteiger charge is 2.19. The average molecular weight is 289 g/mol. The van der Waals surface area contributed by atoms with Gasteiger partial charge >= 0.3 is 0 Å². The highest BCUT2D eigenvalue weighted by atomic mass is 19.1. The van der Waals surface area contributed by atoms with Gasteiger partial charge < -0.3 is 5.32 Å². The van der Waals surface area contributed by atoms with Crippen LogP contribution >= 0.6 is 0 Å². The summed E-state index contributed by atoms with van der Waals surface area (Å²) in [7, 11) is 0. The van der Waals surface area contributed by atoms with E-state index in [4.69, 9.17) is 0 Å². The standard InChI is InChI=1S/C17H17F2NO/c1-10-7-8-11(2)13(9-10)12(3)20-17(21)16-14(18)5-4-6-15(16)19/h4-9,12H,1-3H3,(H,20,21). The molecule has 2 aromatic rings. The van der Waals surface area contributed by atoms with Crippen molar-refractivity contribution in [1.82, 2.24) is 5.32 Å². The molecule has 0 aliphatic rings. The van der Waals surface area contributed by atoms with Crippen molar-refractivity contribution in [3.8, 4) is 0 Å².